The van der Waals surface area contributed by atoms with Crippen molar-refractivity contribution in [2.75, 3.05) is 12.3 Å². The molecule has 0 spiro atoms. The number of carbonyl (C=O) groups is 1. The summed E-state index contributed by atoms with van der Waals surface area (Å²) in [5.41, 5.74) is 10.2. The van der Waals surface area contributed by atoms with Crippen LogP contribution in [0.5, 0.6) is 0 Å². The van der Waals surface area contributed by atoms with E-state index in [-0.39, 0.29) is 5.91 Å². The van der Waals surface area contributed by atoms with Gasteiger partial charge in [0.2, 0.25) is 0 Å². The van der Waals surface area contributed by atoms with Gasteiger partial charge in [-0.25, -0.2) is 0 Å². The average molecular weight is 346 g/mol. The molecule has 132 valence electrons. The molecule has 5 heteroatoms. The van der Waals surface area contributed by atoms with Gasteiger partial charge in [-0.15, -0.1) is 0 Å². The lowest BCUT2D eigenvalue weighted by Crippen LogP contribution is -2.26. The Morgan fingerprint density at radius 1 is 1.00 bits per heavy atom. The lowest BCUT2D eigenvalue weighted by Gasteiger charge is -2.15. The Kier molecular flexibility index (Phi) is 5.59. The van der Waals surface area contributed by atoms with Crippen molar-refractivity contribution in [1.82, 2.24) is 15.3 Å². The van der Waals surface area contributed by atoms with Gasteiger partial charge in [-0.2, -0.15) is 0 Å². The number of pyridine rings is 2. The molecule has 3 aromatic rings. The standard InChI is InChI=1S/C21H22N4O/c1-2-3-12-25-21(26)19-15(8-6-10-17(19)22)16-9-7-14-24-20(16)18-11-4-5-13-23-18/h4-11,13-14H,2-3,12,22H2,1H3,(H,25,26). The van der Waals surface area contributed by atoms with E-state index in [4.69, 9.17) is 5.73 Å². The second kappa shape index (κ2) is 8.25. The van der Waals surface area contributed by atoms with Gasteiger partial charge < -0.3 is 11.1 Å². The van der Waals surface area contributed by atoms with Crippen LogP contribution in [0.4, 0.5) is 5.69 Å². The number of hydrogen-bond acceptors (Lipinski definition) is 4. The highest BCUT2D eigenvalue weighted by atomic mass is 16.1. The summed E-state index contributed by atoms with van der Waals surface area (Å²) in [6, 6.07) is 15.0. The third-order valence-corrected chi connectivity index (χ3v) is 4.15. The van der Waals surface area contributed by atoms with Gasteiger partial charge in [0.15, 0.2) is 0 Å². The van der Waals surface area contributed by atoms with Gasteiger partial charge >= 0.3 is 0 Å². The van der Waals surface area contributed by atoms with Crippen LogP contribution in [0, 0.1) is 0 Å². The van der Waals surface area contributed by atoms with Crippen molar-refractivity contribution >= 4 is 11.6 Å². The molecule has 5 nitrogen and oxygen atoms in total. The van der Waals surface area contributed by atoms with Crippen LogP contribution in [0.25, 0.3) is 22.5 Å². The van der Waals surface area contributed by atoms with Crippen molar-refractivity contribution in [2.24, 2.45) is 0 Å². The number of benzene rings is 1. The smallest absolute Gasteiger partial charge is 0.254 e. The maximum Gasteiger partial charge on any atom is 0.254 e. The quantitative estimate of drug-likeness (QED) is 0.523. The van der Waals surface area contributed by atoms with Crippen LogP contribution < -0.4 is 11.1 Å². The first kappa shape index (κ1) is 17.6. The number of rotatable bonds is 6. The minimum absolute atomic E-state index is 0.164. The Balaban J connectivity index is 2.09. The fraction of sp³-hybridized carbons (Fsp3) is 0.190. The van der Waals surface area contributed by atoms with E-state index in [1.165, 1.54) is 0 Å². The molecule has 3 rings (SSSR count). The van der Waals surface area contributed by atoms with E-state index in [0.717, 1.165) is 35.4 Å². The van der Waals surface area contributed by atoms with Gasteiger partial charge in [-0.05, 0) is 36.2 Å². The zero-order valence-corrected chi connectivity index (χ0v) is 14.8. The Morgan fingerprint density at radius 3 is 2.58 bits per heavy atom. The van der Waals surface area contributed by atoms with E-state index in [0.29, 0.717) is 17.8 Å². The van der Waals surface area contributed by atoms with Crippen LogP contribution >= 0.6 is 0 Å². The molecule has 0 radical (unpaired) electrons. The highest BCUT2D eigenvalue weighted by molar-refractivity contribution is 6.06. The molecule has 1 amide bonds. The monoisotopic (exact) mass is 346 g/mol. The fourth-order valence-electron chi connectivity index (χ4n) is 2.84. The van der Waals surface area contributed by atoms with Gasteiger partial charge in [0.25, 0.3) is 5.91 Å². The molecule has 0 aliphatic rings. The van der Waals surface area contributed by atoms with Crippen molar-refractivity contribution < 1.29 is 4.79 Å². The zero-order chi connectivity index (χ0) is 18.4. The first-order valence-electron chi connectivity index (χ1n) is 8.76. The molecule has 0 atom stereocenters. The van der Waals surface area contributed by atoms with E-state index in [1.807, 2.05) is 42.5 Å². The van der Waals surface area contributed by atoms with E-state index >= 15 is 0 Å². The predicted molar refractivity (Wildman–Crippen MR) is 105 cm³/mol. The zero-order valence-electron chi connectivity index (χ0n) is 14.8. The molecule has 0 aliphatic carbocycles. The molecule has 0 fully saturated rings. The largest absolute Gasteiger partial charge is 0.398 e. The number of anilines is 1. The lowest BCUT2D eigenvalue weighted by molar-refractivity contribution is 0.0954. The number of hydrogen-bond donors (Lipinski definition) is 2. The van der Waals surface area contributed by atoms with Crippen molar-refractivity contribution in [2.45, 2.75) is 19.8 Å². The number of nitrogens with zero attached hydrogens (tertiary/aromatic N) is 2. The first-order chi connectivity index (χ1) is 12.7. The van der Waals surface area contributed by atoms with Gasteiger partial charge in [0, 0.05) is 30.2 Å². The van der Waals surface area contributed by atoms with Crippen LogP contribution in [0.2, 0.25) is 0 Å². The number of unbranched alkanes of at least 4 members (excludes halogenated alkanes) is 1. The second-order valence-electron chi connectivity index (χ2n) is 5.99. The third-order valence-electron chi connectivity index (χ3n) is 4.15. The van der Waals surface area contributed by atoms with Crippen LogP contribution in [0.3, 0.4) is 0 Å². The van der Waals surface area contributed by atoms with Crippen molar-refractivity contribution in [3.63, 3.8) is 0 Å². The van der Waals surface area contributed by atoms with Crippen LogP contribution in [0.15, 0.2) is 60.9 Å². The Hall–Kier alpha value is -3.21. The summed E-state index contributed by atoms with van der Waals surface area (Å²) < 4.78 is 0. The van der Waals surface area contributed by atoms with Crippen LogP contribution in [-0.2, 0) is 0 Å². The summed E-state index contributed by atoms with van der Waals surface area (Å²) in [6.07, 6.45) is 5.40. The van der Waals surface area contributed by atoms with E-state index in [1.54, 1.807) is 18.5 Å². The maximum absolute atomic E-state index is 12.8. The van der Waals surface area contributed by atoms with Gasteiger partial charge in [0.1, 0.15) is 0 Å². The number of amides is 1. The Labute approximate surface area is 153 Å². The normalized spacial score (nSPS) is 10.5. The molecule has 0 aliphatic heterocycles. The highest BCUT2D eigenvalue weighted by Gasteiger charge is 2.19. The Morgan fingerprint density at radius 2 is 1.81 bits per heavy atom. The van der Waals surface area contributed by atoms with Gasteiger partial charge in [0.05, 0.1) is 17.0 Å². The maximum atomic E-state index is 12.8. The molecule has 0 saturated carbocycles. The van der Waals surface area contributed by atoms with Crippen molar-refractivity contribution in [1.29, 1.82) is 0 Å². The molecular formula is C21H22N4O. The van der Waals surface area contributed by atoms with Gasteiger partial charge in [-0.3, -0.25) is 14.8 Å². The highest BCUT2D eigenvalue weighted by Crippen LogP contribution is 2.33. The molecule has 0 bridgehead atoms. The lowest BCUT2D eigenvalue weighted by atomic mass is 9.95. The summed E-state index contributed by atoms with van der Waals surface area (Å²) >= 11 is 0. The topological polar surface area (TPSA) is 80.9 Å². The summed E-state index contributed by atoms with van der Waals surface area (Å²) in [4.78, 5) is 21.6. The van der Waals surface area contributed by atoms with Crippen LogP contribution in [0.1, 0.15) is 30.1 Å². The molecule has 0 unspecified atom stereocenters. The van der Waals surface area contributed by atoms with Crippen molar-refractivity contribution in [3.05, 3.63) is 66.5 Å². The Bertz CT molecular complexity index is 894. The summed E-state index contributed by atoms with van der Waals surface area (Å²) in [5.74, 6) is -0.164. The summed E-state index contributed by atoms with van der Waals surface area (Å²) in [6.45, 7) is 2.71. The van der Waals surface area contributed by atoms with Crippen LogP contribution in [-0.4, -0.2) is 22.4 Å². The van der Waals surface area contributed by atoms with E-state index < -0.39 is 0 Å². The number of nitrogens with one attached hydrogen (secondary N) is 1. The SMILES string of the molecule is CCCCNC(=O)c1c(N)cccc1-c1cccnc1-c1ccccn1. The molecule has 3 N–H and O–H groups in total. The summed E-state index contributed by atoms with van der Waals surface area (Å²) in [7, 11) is 0. The number of nitrogens with two attached hydrogens (primary N) is 1. The second-order valence-corrected chi connectivity index (χ2v) is 5.99. The minimum atomic E-state index is -0.164. The molecule has 2 heterocycles. The molecular weight excluding hydrogens is 324 g/mol. The number of carbonyl (C=O) groups excluding carboxylic acids is 1. The van der Waals surface area contributed by atoms with Crippen molar-refractivity contribution in [3.8, 4) is 22.5 Å². The number of nitrogen functional groups attached to an aromatic ring is 1. The van der Waals surface area contributed by atoms with Gasteiger partial charge in [-0.1, -0.05) is 37.6 Å². The molecule has 1 aromatic carbocycles. The fourth-order valence-corrected chi connectivity index (χ4v) is 2.84. The molecule has 2 aromatic heterocycles. The van der Waals surface area contributed by atoms with E-state index in [9.17, 15) is 4.79 Å². The third kappa shape index (κ3) is 3.72. The number of aromatic nitrogens is 2. The molecule has 0 saturated heterocycles. The average Bonchev–Trinajstić information content (AvgIpc) is 2.68. The molecule has 26 heavy (non-hydrogen) atoms. The predicted octanol–water partition coefficient (Wildman–Crippen LogP) is 3.92. The minimum Gasteiger partial charge on any atom is -0.398 e. The summed E-state index contributed by atoms with van der Waals surface area (Å²) in [5, 5.41) is 2.96. The first-order valence-corrected chi connectivity index (χ1v) is 8.76. The van der Waals surface area contributed by atoms with E-state index in [2.05, 4.69) is 22.2 Å².